The second-order valence-electron chi connectivity index (χ2n) is 7.47. The van der Waals surface area contributed by atoms with Crippen LogP contribution < -0.4 is 5.32 Å². The summed E-state index contributed by atoms with van der Waals surface area (Å²) in [7, 11) is -3.56. The number of carbonyl (C=O) groups excluding carboxylic acids is 1. The van der Waals surface area contributed by atoms with Crippen LogP contribution >= 0.6 is 11.6 Å². The number of piperidine rings is 2. The molecule has 1 amide bonds. The van der Waals surface area contributed by atoms with Crippen molar-refractivity contribution in [3.63, 3.8) is 0 Å². The van der Waals surface area contributed by atoms with Gasteiger partial charge in [0, 0.05) is 19.1 Å². The van der Waals surface area contributed by atoms with Crippen molar-refractivity contribution in [3.05, 3.63) is 23.2 Å². The van der Waals surface area contributed by atoms with E-state index in [-0.39, 0.29) is 10.8 Å². The second kappa shape index (κ2) is 8.90. The van der Waals surface area contributed by atoms with E-state index in [1.54, 1.807) is 0 Å². The van der Waals surface area contributed by atoms with Gasteiger partial charge in [-0.3, -0.25) is 9.69 Å². The molecule has 2 heterocycles. The molecule has 2 aliphatic rings. The molecule has 150 valence electrons. The first-order chi connectivity index (χ1) is 12.9. The molecule has 0 radical (unpaired) electrons. The number of rotatable bonds is 5. The van der Waals surface area contributed by atoms with Crippen LogP contribution in [0.15, 0.2) is 23.1 Å². The fourth-order valence-corrected chi connectivity index (χ4v) is 5.49. The van der Waals surface area contributed by atoms with Crippen LogP contribution in [0, 0.1) is 0 Å². The number of carbonyl (C=O) groups is 1. The lowest BCUT2D eigenvalue weighted by atomic mass is 10.0. The molecule has 0 bridgehead atoms. The molecular formula is C19H28ClN3O3S. The summed E-state index contributed by atoms with van der Waals surface area (Å²) in [6.07, 6.45) is 6.21. The monoisotopic (exact) mass is 413 g/mol. The van der Waals surface area contributed by atoms with Gasteiger partial charge in [-0.15, -0.1) is 0 Å². The maximum absolute atomic E-state index is 12.9. The van der Waals surface area contributed by atoms with Crippen LogP contribution in [0.5, 0.6) is 0 Å². The molecule has 1 N–H and O–H groups in total. The van der Waals surface area contributed by atoms with Gasteiger partial charge in [0.15, 0.2) is 0 Å². The van der Waals surface area contributed by atoms with Crippen molar-refractivity contribution in [1.82, 2.24) is 9.21 Å². The van der Waals surface area contributed by atoms with Crippen LogP contribution in [-0.4, -0.2) is 55.8 Å². The highest BCUT2D eigenvalue weighted by Gasteiger charge is 2.27. The number of anilines is 1. The van der Waals surface area contributed by atoms with Crippen molar-refractivity contribution in [1.29, 1.82) is 0 Å². The lowest BCUT2D eigenvalue weighted by Crippen LogP contribution is -2.42. The number of benzene rings is 1. The topological polar surface area (TPSA) is 69.7 Å². The van der Waals surface area contributed by atoms with Crippen LogP contribution in [0.1, 0.15) is 45.4 Å². The minimum atomic E-state index is -3.56. The number of hydrogen-bond donors (Lipinski definition) is 1. The van der Waals surface area contributed by atoms with Crippen LogP contribution in [0.2, 0.25) is 5.02 Å². The Bertz CT molecular complexity index is 778. The molecule has 2 fully saturated rings. The van der Waals surface area contributed by atoms with Crippen LogP contribution in [0.25, 0.3) is 0 Å². The molecule has 1 atom stereocenters. The molecule has 2 saturated heterocycles. The Hall–Kier alpha value is -1.15. The van der Waals surface area contributed by atoms with E-state index in [1.807, 2.05) is 0 Å². The zero-order valence-electron chi connectivity index (χ0n) is 15.8. The van der Waals surface area contributed by atoms with Crippen molar-refractivity contribution in [2.75, 3.05) is 31.5 Å². The van der Waals surface area contributed by atoms with Crippen LogP contribution in [0.4, 0.5) is 5.69 Å². The summed E-state index contributed by atoms with van der Waals surface area (Å²) in [5.41, 5.74) is 0.351. The summed E-state index contributed by atoms with van der Waals surface area (Å²) in [5.74, 6) is -0.168. The lowest BCUT2D eigenvalue weighted by Gasteiger charge is -2.32. The molecule has 0 unspecified atom stereocenters. The largest absolute Gasteiger partial charge is 0.324 e. The molecule has 0 spiro atoms. The van der Waals surface area contributed by atoms with Crippen molar-refractivity contribution in [3.8, 4) is 0 Å². The van der Waals surface area contributed by atoms with Gasteiger partial charge in [0.2, 0.25) is 15.9 Å². The predicted octanol–water partition coefficient (Wildman–Crippen LogP) is 3.33. The van der Waals surface area contributed by atoms with E-state index in [4.69, 9.17) is 11.6 Å². The molecule has 3 rings (SSSR count). The van der Waals surface area contributed by atoms with E-state index in [2.05, 4.69) is 17.1 Å². The highest BCUT2D eigenvalue weighted by atomic mass is 35.5. The van der Waals surface area contributed by atoms with Gasteiger partial charge in [-0.2, -0.15) is 4.31 Å². The summed E-state index contributed by atoms with van der Waals surface area (Å²) in [5, 5.41) is 3.14. The first-order valence-corrected chi connectivity index (χ1v) is 11.5. The summed E-state index contributed by atoms with van der Waals surface area (Å²) in [6.45, 7) is 4.41. The third-order valence-corrected chi connectivity index (χ3v) is 7.68. The molecule has 27 heavy (non-hydrogen) atoms. The molecule has 0 aromatic heterocycles. The molecule has 1 aromatic carbocycles. The standard InChI is InChI=1S/C19H28ClN3O3S/c1-15-7-3-6-10-22(15)14-19(24)21-18-13-16(8-9-17(18)20)27(25,26)23-11-4-2-5-12-23/h8-9,13,15H,2-7,10-12,14H2,1H3,(H,21,24)/t15-/m1/s1. The predicted molar refractivity (Wildman–Crippen MR) is 108 cm³/mol. The maximum atomic E-state index is 12.9. The quantitative estimate of drug-likeness (QED) is 0.803. The molecule has 6 nitrogen and oxygen atoms in total. The minimum absolute atomic E-state index is 0.168. The first-order valence-electron chi connectivity index (χ1n) is 9.71. The number of nitrogens with zero attached hydrogens (tertiary/aromatic N) is 2. The smallest absolute Gasteiger partial charge is 0.243 e. The number of hydrogen-bond acceptors (Lipinski definition) is 4. The van der Waals surface area contributed by atoms with E-state index >= 15 is 0 Å². The van der Waals surface area contributed by atoms with E-state index < -0.39 is 10.0 Å². The van der Waals surface area contributed by atoms with Crippen molar-refractivity contribution in [2.24, 2.45) is 0 Å². The van der Waals surface area contributed by atoms with E-state index in [9.17, 15) is 13.2 Å². The molecule has 0 aliphatic carbocycles. The third-order valence-electron chi connectivity index (χ3n) is 5.45. The van der Waals surface area contributed by atoms with Gasteiger partial charge >= 0.3 is 0 Å². The molecule has 0 saturated carbocycles. The van der Waals surface area contributed by atoms with Crippen molar-refractivity contribution >= 4 is 33.2 Å². The van der Waals surface area contributed by atoms with Gasteiger partial charge in [-0.25, -0.2) is 8.42 Å². The molecule has 2 aliphatic heterocycles. The Morgan fingerprint density at radius 2 is 1.85 bits per heavy atom. The zero-order valence-corrected chi connectivity index (χ0v) is 17.4. The Labute approximate surface area is 166 Å². The molecular weight excluding hydrogens is 386 g/mol. The maximum Gasteiger partial charge on any atom is 0.243 e. The minimum Gasteiger partial charge on any atom is -0.324 e. The first kappa shape index (κ1) is 20.6. The summed E-state index contributed by atoms with van der Waals surface area (Å²) in [6, 6.07) is 4.90. The van der Waals surface area contributed by atoms with Gasteiger partial charge in [0.05, 0.1) is 22.2 Å². The SMILES string of the molecule is C[C@@H]1CCCCN1CC(=O)Nc1cc(S(=O)(=O)N2CCCCC2)ccc1Cl. The fourth-order valence-electron chi connectivity index (χ4n) is 3.78. The Kier molecular flexibility index (Phi) is 6.78. The van der Waals surface area contributed by atoms with E-state index in [1.165, 1.54) is 28.9 Å². The van der Waals surface area contributed by atoms with Gasteiger partial charge < -0.3 is 5.32 Å². The number of nitrogens with one attached hydrogen (secondary N) is 1. The van der Waals surface area contributed by atoms with E-state index in [0.29, 0.717) is 36.4 Å². The highest BCUT2D eigenvalue weighted by molar-refractivity contribution is 7.89. The third kappa shape index (κ3) is 5.02. The van der Waals surface area contributed by atoms with Gasteiger partial charge in [-0.1, -0.05) is 24.4 Å². The Morgan fingerprint density at radius 1 is 1.15 bits per heavy atom. The highest BCUT2D eigenvalue weighted by Crippen LogP contribution is 2.28. The van der Waals surface area contributed by atoms with Gasteiger partial charge in [-0.05, 0) is 57.4 Å². The Morgan fingerprint density at radius 3 is 2.56 bits per heavy atom. The fraction of sp³-hybridized carbons (Fsp3) is 0.632. The lowest BCUT2D eigenvalue weighted by molar-refractivity contribution is -0.118. The summed E-state index contributed by atoms with van der Waals surface area (Å²) < 4.78 is 27.2. The number of amides is 1. The number of likely N-dealkylation sites (tertiary alicyclic amines) is 1. The number of halogens is 1. The van der Waals surface area contributed by atoms with Crippen LogP contribution in [-0.2, 0) is 14.8 Å². The van der Waals surface area contributed by atoms with Gasteiger partial charge in [0.25, 0.3) is 0 Å². The second-order valence-corrected chi connectivity index (χ2v) is 9.81. The molecule has 1 aromatic rings. The number of sulfonamides is 1. The molecule has 8 heteroatoms. The van der Waals surface area contributed by atoms with Crippen LogP contribution in [0.3, 0.4) is 0 Å². The average molecular weight is 414 g/mol. The van der Waals surface area contributed by atoms with E-state index in [0.717, 1.165) is 38.6 Å². The van der Waals surface area contributed by atoms with Crippen molar-refractivity contribution < 1.29 is 13.2 Å². The zero-order chi connectivity index (χ0) is 19.4. The summed E-state index contributed by atoms with van der Waals surface area (Å²) in [4.78, 5) is 14.8. The Balaban J connectivity index is 1.72. The summed E-state index contributed by atoms with van der Waals surface area (Å²) >= 11 is 6.21. The average Bonchev–Trinajstić information content (AvgIpc) is 2.66. The van der Waals surface area contributed by atoms with Crippen molar-refractivity contribution in [2.45, 2.75) is 56.4 Å². The van der Waals surface area contributed by atoms with Gasteiger partial charge in [0.1, 0.15) is 0 Å². The normalized spacial score (nSPS) is 22.5.